The fourth-order valence-electron chi connectivity index (χ4n) is 1.82. The molecule has 2 aromatic carbocycles. The quantitative estimate of drug-likeness (QED) is 0.624. The molecule has 0 amide bonds. The smallest absolute Gasteiger partial charge is 0.338 e. The highest BCUT2D eigenvalue weighted by molar-refractivity contribution is 7.89. The molecule has 0 aliphatic rings. The summed E-state index contributed by atoms with van der Waals surface area (Å²) in [6, 6.07) is 5.70. The number of benzene rings is 2. The zero-order valence-electron chi connectivity index (χ0n) is 12.3. The second kappa shape index (κ2) is 7.26. The van der Waals surface area contributed by atoms with Gasteiger partial charge in [0, 0.05) is 5.56 Å². The molecule has 0 atom stereocenters. The second-order valence-electron chi connectivity index (χ2n) is 4.82. The lowest BCUT2D eigenvalue weighted by Crippen LogP contribution is -2.16. The molecular formula is C15H10ClF2NO5S. The van der Waals surface area contributed by atoms with Crippen molar-refractivity contribution in [3.8, 4) is 0 Å². The Morgan fingerprint density at radius 1 is 1.04 bits per heavy atom. The highest BCUT2D eigenvalue weighted by Crippen LogP contribution is 2.22. The highest BCUT2D eigenvalue weighted by Gasteiger charge is 2.18. The van der Waals surface area contributed by atoms with Crippen LogP contribution in [-0.2, 0) is 14.8 Å². The van der Waals surface area contributed by atoms with Gasteiger partial charge in [0.05, 0.1) is 10.6 Å². The van der Waals surface area contributed by atoms with E-state index < -0.39 is 44.9 Å². The van der Waals surface area contributed by atoms with Gasteiger partial charge in [-0.15, -0.1) is 0 Å². The Morgan fingerprint density at radius 2 is 1.68 bits per heavy atom. The van der Waals surface area contributed by atoms with E-state index in [4.69, 9.17) is 21.5 Å². The van der Waals surface area contributed by atoms with Crippen LogP contribution in [0.15, 0.2) is 41.3 Å². The fraction of sp³-hybridized carbons (Fsp3) is 0.0667. The summed E-state index contributed by atoms with van der Waals surface area (Å²) in [6.45, 7) is -0.753. The van der Waals surface area contributed by atoms with E-state index in [9.17, 15) is 26.8 Å². The van der Waals surface area contributed by atoms with Crippen LogP contribution in [0.3, 0.4) is 0 Å². The van der Waals surface area contributed by atoms with Crippen molar-refractivity contribution in [1.82, 2.24) is 0 Å². The van der Waals surface area contributed by atoms with Crippen molar-refractivity contribution in [3.05, 3.63) is 64.2 Å². The van der Waals surface area contributed by atoms with E-state index in [1.54, 1.807) is 0 Å². The number of ether oxygens (including phenoxy) is 1. The van der Waals surface area contributed by atoms with Crippen LogP contribution in [0.1, 0.15) is 20.7 Å². The molecule has 0 saturated carbocycles. The first-order valence-electron chi connectivity index (χ1n) is 6.57. The van der Waals surface area contributed by atoms with Crippen LogP contribution in [0.5, 0.6) is 0 Å². The molecule has 2 N–H and O–H groups in total. The minimum absolute atomic E-state index is 0.183. The number of ketones is 1. The van der Waals surface area contributed by atoms with Crippen molar-refractivity contribution < 1.29 is 31.5 Å². The number of carbonyl (C=O) groups excluding carboxylic acids is 2. The monoisotopic (exact) mass is 389 g/mol. The minimum atomic E-state index is -4.16. The number of Topliss-reactive ketones (excluding diaryl/α,β-unsaturated/α-hetero) is 1. The number of primary sulfonamides is 1. The Kier molecular flexibility index (Phi) is 5.51. The van der Waals surface area contributed by atoms with Gasteiger partial charge in [-0.25, -0.2) is 27.1 Å². The lowest BCUT2D eigenvalue weighted by molar-refractivity contribution is 0.0474. The van der Waals surface area contributed by atoms with Gasteiger partial charge < -0.3 is 4.74 Å². The van der Waals surface area contributed by atoms with Crippen molar-refractivity contribution in [2.75, 3.05) is 6.61 Å². The van der Waals surface area contributed by atoms with Crippen LogP contribution in [0.4, 0.5) is 8.78 Å². The normalized spacial score (nSPS) is 11.2. The summed E-state index contributed by atoms with van der Waals surface area (Å²) >= 11 is 5.69. The molecule has 0 radical (unpaired) electrons. The van der Waals surface area contributed by atoms with E-state index >= 15 is 0 Å². The first-order chi connectivity index (χ1) is 11.6. The van der Waals surface area contributed by atoms with Gasteiger partial charge in [-0.1, -0.05) is 11.6 Å². The molecule has 132 valence electrons. The van der Waals surface area contributed by atoms with Gasteiger partial charge in [0.25, 0.3) is 0 Å². The molecule has 0 saturated heterocycles. The van der Waals surface area contributed by atoms with Crippen LogP contribution in [-0.4, -0.2) is 26.8 Å². The predicted octanol–water partition coefficient (Wildman–Crippen LogP) is 2.31. The maximum atomic E-state index is 13.1. The van der Waals surface area contributed by atoms with E-state index in [1.165, 1.54) is 6.07 Å². The molecule has 0 spiro atoms. The summed E-state index contributed by atoms with van der Waals surface area (Å²) in [6.07, 6.45) is 0. The zero-order valence-corrected chi connectivity index (χ0v) is 13.9. The molecule has 0 aromatic heterocycles. The standard InChI is InChI=1S/C15H10ClF2NO5S/c16-10-3-1-9(6-14(10)25(19,22)23)15(21)24-7-13(20)8-2-4-11(17)12(18)5-8/h1-6H,7H2,(H2,19,22,23). The van der Waals surface area contributed by atoms with Gasteiger partial charge in [-0.2, -0.15) is 0 Å². The van der Waals surface area contributed by atoms with Crippen LogP contribution < -0.4 is 5.14 Å². The van der Waals surface area contributed by atoms with Gasteiger partial charge in [-0.05, 0) is 36.4 Å². The van der Waals surface area contributed by atoms with Crippen molar-refractivity contribution >= 4 is 33.4 Å². The van der Waals surface area contributed by atoms with Crippen molar-refractivity contribution in [3.63, 3.8) is 0 Å². The Morgan fingerprint density at radius 3 is 2.28 bits per heavy atom. The first kappa shape index (κ1) is 19.0. The molecular weight excluding hydrogens is 380 g/mol. The maximum absolute atomic E-state index is 13.1. The predicted molar refractivity (Wildman–Crippen MR) is 83.8 cm³/mol. The lowest BCUT2D eigenvalue weighted by atomic mass is 10.1. The van der Waals surface area contributed by atoms with E-state index in [0.29, 0.717) is 6.07 Å². The number of rotatable bonds is 5. The average Bonchev–Trinajstić information content (AvgIpc) is 2.54. The second-order valence-corrected chi connectivity index (χ2v) is 6.76. The molecule has 0 aliphatic heterocycles. The third kappa shape index (κ3) is 4.59. The summed E-state index contributed by atoms with van der Waals surface area (Å²) in [4.78, 5) is 23.2. The van der Waals surface area contributed by atoms with E-state index in [0.717, 1.165) is 24.3 Å². The molecule has 0 fully saturated rings. The molecule has 2 aromatic rings. The van der Waals surface area contributed by atoms with Crippen LogP contribution in [0, 0.1) is 11.6 Å². The molecule has 0 heterocycles. The minimum Gasteiger partial charge on any atom is -0.454 e. The molecule has 0 unspecified atom stereocenters. The van der Waals surface area contributed by atoms with Crippen LogP contribution >= 0.6 is 11.6 Å². The Hall–Kier alpha value is -2.36. The largest absolute Gasteiger partial charge is 0.454 e. The number of halogens is 3. The fourth-order valence-corrected chi connectivity index (χ4v) is 2.89. The Balaban J connectivity index is 2.12. The summed E-state index contributed by atoms with van der Waals surface area (Å²) in [7, 11) is -4.16. The molecule has 10 heteroatoms. The van der Waals surface area contributed by atoms with E-state index in [-0.39, 0.29) is 16.1 Å². The lowest BCUT2D eigenvalue weighted by Gasteiger charge is -2.07. The third-order valence-corrected chi connectivity index (χ3v) is 4.44. The van der Waals surface area contributed by atoms with Crippen molar-refractivity contribution in [2.24, 2.45) is 5.14 Å². The van der Waals surface area contributed by atoms with Crippen molar-refractivity contribution in [1.29, 1.82) is 0 Å². The molecule has 0 bridgehead atoms. The molecule has 2 rings (SSSR count). The van der Waals surface area contributed by atoms with Gasteiger partial charge in [-0.3, -0.25) is 4.79 Å². The number of hydrogen-bond donors (Lipinski definition) is 1. The summed E-state index contributed by atoms with van der Waals surface area (Å²) in [5.74, 6) is -4.12. The van der Waals surface area contributed by atoms with Gasteiger partial charge >= 0.3 is 5.97 Å². The van der Waals surface area contributed by atoms with Gasteiger partial charge in [0.2, 0.25) is 10.0 Å². The summed E-state index contributed by atoms with van der Waals surface area (Å²) in [5, 5.41) is 4.78. The number of sulfonamides is 1. The molecule has 25 heavy (non-hydrogen) atoms. The number of hydrogen-bond acceptors (Lipinski definition) is 5. The average molecular weight is 390 g/mol. The Bertz CT molecular complexity index is 962. The summed E-state index contributed by atoms with van der Waals surface area (Å²) in [5.41, 5.74) is -0.389. The number of esters is 1. The van der Waals surface area contributed by atoms with Gasteiger partial charge in [0.1, 0.15) is 4.90 Å². The highest BCUT2D eigenvalue weighted by atomic mass is 35.5. The van der Waals surface area contributed by atoms with Gasteiger partial charge in [0.15, 0.2) is 24.0 Å². The molecule has 6 nitrogen and oxygen atoms in total. The maximum Gasteiger partial charge on any atom is 0.338 e. The SMILES string of the molecule is NS(=O)(=O)c1cc(C(=O)OCC(=O)c2ccc(F)c(F)c2)ccc1Cl. The number of nitrogens with two attached hydrogens (primary N) is 1. The van der Waals surface area contributed by atoms with E-state index in [2.05, 4.69) is 0 Å². The Labute approximate surface area is 146 Å². The topological polar surface area (TPSA) is 104 Å². The third-order valence-electron chi connectivity index (χ3n) is 3.05. The first-order valence-corrected chi connectivity index (χ1v) is 8.50. The number of carbonyl (C=O) groups is 2. The summed E-state index contributed by atoms with van der Waals surface area (Å²) < 4.78 is 53.4. The van der Waals surface area contributed by atoms with Crippen LogP contribution in [0.25, 0.3) is 0 Å². The van der Waals surface area contributed by atoms with Crippen LogP contribution in [0.2, 0.25) is 5.02 Å². The van der Waals surface area contributed by atoms with E-state index in [1.807, 2.05) is 0 Å². The van der Waals surface area contributed by atoms with Crippen molar-refractivity contribution in [2.45, 2.75) is 4.90 Å². The molecule has 0 aliphatic carbocycles. The zero-order chi connectivity index (χ0) is 18.8.